The molecule has 5 N–H and O–H groups in total. The Morgan fingerprint density at radius 2 is 1.76 bits per heavy atom. The fraction of sp³-hybridized carbons (Fsp3) is 0.923. The number of hydrogen-bond donors (Lipinski definition) is 5. The highest BCUT2D eigenvalue weighted by Gasteiger charge is 2.65. The van der Waals surface area contributed by atoms with Crippen LogP contribution in [-0.4, -0.2) is 57.2 Å². The molecule has 4 fully saturated rings. The number of nitrogens with one attached hydrogen (secondary N) is 1. The molecule has 0 bridgehead atoms. The number of carbonyl (C=O) groups excluding carboxylic acids is 1. The van der Waals surface area contributed by atoms with Crippen LogP contribution in [-0.2, 0) is 9.59 Å². The third-order valence-corrected chi connectivity index (χ3v) is 10.8. The number of aliphatic hydroxyl groups excluding tert-OH is 3. The first-order valence-corrected chi connectivity index (χ1v) is 13.0. The fourth-order valence-electron chi connectivity index (χ4n) is 8.95. The zero-order valence-corrected chi connectivity index (χ0v) is 20.4. The van der Waals surface area contributed by atoms with Crippen LogP contribution in [0.25, 0.3) is 0 Å². The summed E-state index contributed by atoms with van der Waals surface area (Å²) in [6, 6.07) is 0. The number of rotatable bonds is 6. The minimum absolute atomic E-state index is 0.0668. The predicted octanol–water partition coefficient (Wildman–Crippen LogP) is 2.56. The van der Waals surface area contributed by atoms with Gasteiger partial charge in [0.15, 0.2) is 0 Å². The largest absolute Gasteiger partial charge is 0.480 e. The lowest BCUT2D eigenvalue weighted by Crippen LogP contribution is -2.62. The molecule has 2 unspecified atom stereocenters. The van der Waals surface area contributed by atoms with Gasteiger partial charge >= 0.3 is 5.97 Å². The Bertz CT molecular complexity index is 759. The number of aliphatic carboxylic acids is 1. The Kier molecular flexibility index (Phi) is 6.89. The Hall–Kier alpha value is -1.18. The molecule has 0 aromatic heterocycles. The maximum atomic E-state index is 12.0. The molecule has 0 aromatic rings. The van der Waals surface area contributed by atoms with Crippen molar-refractivity contribution in [1.29, 1.82) is 0 Å². The van der Waals surface area contributed by atoms with Crippen LogP contribution in [0.15, 0.2) is 0 Å². The molecule has 4 saturated carbocycles. The Morgan fingerprint density at radius 1 is 1.03 bits per heavy atom. The summed E-state index contributed by atoms with van der Waals surface area (Å²) in [5.41, 5.74) is -0.214. The van der Waals surface area contributed by atoms with Gasteiger partial charge in [0.05, 0.1) is 18.3 Å². The first-order chi connectivity index (χ1) is 15.5. The van der Waals surface area contributed by atoms with E-state index in [0.29, 0.717) is 25.2 Å². The van der Waals surface area contributed by atoms with Crippen LogP contribution in [0.4, 0.5) is 0 Å². The zero-order valence-electron chi connectivity index (χ0n) is 20.4. The summed E-state index contributed by atoms with van der Waals surface area (Å²) >= 11 is 0. The van der Waals surface area contributed by atoms with E-state index in [1.807, 2.05) is 0 Å². The molecule has 33 heavy (non-hydrogen) atoms. The van der Waals surface area contributed by atoms with Gasteiger partial charge in [-0.3, -0.25) is 9.59 Å². The molecular formula is C26H43NO6. The lowest BCUT2D eigenvalue weighted by molar-refractivity contribution is -0.207. The van der Waals surface area contributed by atoms with Crippen molar-refractivity contribution in [2.45, 2.75) is 96.9 Å². The van der Waals surface area contributed by atoms with E-state index in [1.54, 1.807) is 0 Å². The quantitative estimate of drug-likeness (QED) is 0.410. The van der Waals surface area contributed by atoms with Crippen LogP contribution in [0.2, 0.25) is 0 Å². The molecule has 188 valence electrons. The van der Waals surface area contributed by atoms with Gasteiger partial charge in [-0.05, 0) is 97.7 Å². The average molecular weight is 466 g/mol. The molecule has 1 amide bonds. The van der Waals surface area contributed by atoms with Gasteiger partial charge in [0.1, 0.15) is 6.54 Å². The normalized spacial score (nSPS) is 47.7. The van der Waals surface area contributed by atoms with Gasteiger partial charge in [-0.15, -0.1) is 0 Å². The molecule has 7 heteroatoms. The van der Waals surface area contributed by atoms with Gasteiger partial charge in [-0.1, -0.05) is 20.8 Å². The zero-order chi connectivity index (χ0) is 24.1. The van der Waals surface area contributed by atoms with Crippen molar-refractivity contribution in [2.24, 2.45) is 46.3 Å². The molecule has 0 aromatic carbocycles. The van der Waals surface area contributed by atoms with Crippen molar-refractivity contribution in [2.75, 3.05) is 6.54 Å². The van der Waals surface area contributed by atoms with E-state index in [9.17, 15) is 24.9 Å². The summed E-state index contributed by atoms with van der Waals surface area (Å²) in [5, 5.41) is 44.4. The van der Waals surface area contributed by atoms with E-state index < -0.39 is 12.1 Å². The molecule has 0 spiro atoms. The predicted molar refractivity (Wildman–Crippen MR) is 123 cm³/mol. The molecule has 0 radical (unpaired) electrons. The number of carbonyl (C=O) groups is 2. The standard InChI is InChI=1S/C26H43NO6/c1-14(4-7-22(31)27-13-23(32)33)17-5-6-18-24-19(12-21(30)26(17,18)3)25(2)9-8-16(28)10-15(25)11-20(24)29/h14-21,24,28-30H,4-13H2,1-3H3,(H,27,31)(H,32,33)/t14-,15+,16-,17-,18+,19+,20-,21+,24+,25?,26?/m1/s1. The van der Waals surface area contributed by atoms with Crippen LogP contribution in [0.3, 0.4) is 0 Å². The monoisotopic (exact) mass is 465 g/mol. The number of fused-ring (bicyclic) bond motifs is 5. The topological polar surface area (TPSA) is 127 Å². The lowest BCUT2D eigenvalue weighted by Gasteiger charge is -2.63. The van der Waals surface area contributed by atoms with E-state index in [4.69, 9.17) is 5.11 Å². The van der Waals surface area contributed by atoms with Gasteiger partial charge in [0.25, 0.3) is 0 Å². The third kappa shape index (κ3) is 4.23. The maximum absolute atomic E-state index is 12.0. The number of carboxylic acids is 1. The maximum Gasteiger partial charge on any atom is 0.322 e. The molecular weight excluding hydrogens is 422 g/mol. The second-order valence-corrected chi connectivity index (χ2v) is 12.2. The third-order valence-electron chi connectivity index (χ3n) is 10.8. The molecule has 0 aliphatic heterocycles. The second-order valence-electron chi connectivity index (χ2n) is 12.2. The summed E-state index contributed by atoms with van der Waals surface area (Å²) in [6.45, 7) is 6.35. The first-order valence-electron chi connectivity index (χ1n) is 13.0. The smallest absolute Gasteiger partial charge is 0.322 e. The first kappa shape index (κ1) is 24.9. The van der Waals surface area contributed by atoms with Gasteiger partial charge in [-0.25, -0.2) is 0 Å². The minimum atomic E-state index is -1.04. The Morgan fingerprint density at radius 3 is 2.45 bits per heavy atom. The highest BCUT2D eigenvalue weighted by Crippen LogP contribution is 2.68. The van der Waals surface area contributed by atoms with Crippen molar-refractivity contribution in [3.8, 4) is 0 Å². The van der Waals surface area contributed by atoms with Crippen LogP contribution in [0.5, 0.6) is 0 Å². The number of hydrogen-bond acceptors (Lipinski definition) is 5. The summed E-state index contributed by atoms with van der Waals surface area (Å²) in [4.78, 5) is 22.7. The molecule has 4 rings (SSSR count). The molecule has 7 nitrogen and oxygen atoms in total. The van der Waals surface area contributed by atoms with E-state index in [-0.39, 0.29) is 65.1 Å². The van der Waals surface area contributed by atoms with Gasteiger partial charge < -0.3 is 25.7 Å². The van der Waals surface area contributed by atoms with E-state index in [0.717, 1.165) is 38.5 Å². The lowest BCUT2D eigenvalue weighted by atomic mass is 9.43. The van der Waals surface area contributed by atoms with Crippen LogP contribution in [0.1, 0.15) is 78.6 Å². The fourth-order valence-corrected chi connectivity index (χ4v) is 8.95. The molecule has 4 aliphatic rings. The summed E-state index contributed by atoms with van der Waals surface area (Å²) in [7, 11) is 0. The van der Waals surface area contributed by atoms with Crippen LogP contribution < -0.4 is 5.32 Å². The van der Waals surface area contributed by atoms with Crippen LogP contribution >= 0.6 is 0 Å². The molecule has 11 atom stereocenters. The van der Waals surface area contributed by atoms with Crippen molar-refractivity contribution in [1.82, 2.24) is 5.32 Å². The van der Waals surface area contributed by atoms with E-state index in [2.05, 4.69) is 26.1 Å². The summed E-state index contributed by atoms with van der Waals surface area (Å²) < 4.78 is 0. The highest BCUT2D eigenvalue weighted by molar-refractivity contribution is 5.81. The van der Waals surface area contributed by atoms with Crippen molar-refractivity contribution < 1.29 is 30.0 Å². The summed E-state index contributed by atoms with van der Waals surface area (Å²) in [6.07, 6.45) is 5.86. The SMILES string of the molecule is C[C@H](CCC(=O)NCC(=O)O)[C@H]1CC[C@H]2[C@@H]3[C@H](O)C[C@@H]4C[C@H](O)CCC4(C)[C@H]3C[C@H](O)C12C. The number of carboxylic acid groups (broad SMARTS) is 1. The van der Waals surface area contributed by atoms with Crippen molar-refractivity contribution in [3.63, 3.8) is 0 Å². The Balaban J connectivity index is 1.49. The Labute approximate surface area is 197 Å². The molecule has 0 heterocycles. The van der Waals surface area contributed by atoms with Gasteiger partial charge in [0, 0.05) is 6.42 Å². The van der Waals surface area contributed by atoms with Gasteiger partial charge in [-0.2, -0.15) is 0 Å². The highest BCUT2D eigenvalue weighted by atomic mass is 16.4. The molecule has 4 aliphatic carbocycles. The van der Waals surface area contributed by atoms with E-state index >= 15 is 0 Å². The van der Waals surface area contributed by atoms with Crippen molar-refractivity contribution >= 4 is 11.9 Å². The average Bonchev–Trinajstić information content (AvgIpc) is 3.11. The summed E-state index contributed by atoms with van der Waals surface area (Å²) in [5.74, 6) is 0.265. The number of aliphatic hydroxyl groups is 3. The van der Waals surface area contributed by atoms with Crippen LogP contribution in [0, 0.1) is 46.3 Å². The second kappa shape index (κ2) is 9.12. The van der Waals surface area contributed by atoms with Crippen molar-refractivity contribution in [3.05, 3.63) is 0 Å². The molecule has 0 saturated heterocycles. The minimum Gasteiger partial charge on any atom is -0.480 e. The number of amides is 1. The van der Waals surface area contributed by atoms with E-state index in [1.165, 1.54) is 0 Å². The van der Waals surface area contributed by atoms with Gasteiger partial charge in [0.2, 0.25) is 5.91 Å².